The van der Waals surface area contributed by atoms with E-state index in [9.17, 15) is 24.8 Å². The summed E-state index contributed by atoms with van der Waals surface area (Å²) < 4.78 is 0. The number of rotatable bonds is 6. The maximum atomic E-state index is 12.9. The van der Waals surface area contributed by atoms with Gasteiger partial charge in [0.2, 0.25) is 5.75 Å². The Morgan fingerprint density at radius 2 is 1.70 bits per heavy atom. The highest BCUT2D eigenvalue weighted by Crippen LogP contribution is 2.38. The van der Waals surface area contributed by atoms with Crippen molar-refractivity contribution in [2.45, 2.75) is 13.0 Å². The Hall–Kier alpha value is -3.62. The summed E-state index contributed by atoms with van der Waals surface area (Å²) in [5.74, 6) is -1.09. The van der Waals surface area contributed by atoms with Gasteiger partial charge < -0.3 is 5.11 Å². The summed E-state index contributed by atoms with van der Waals surface area (Å²) in [4.78, 5) is 37.3. The lowest BCUT2D eigenvalue weighted by Crippen LogP contribution is -2.27. The van der Waals surface area contributed by atoms with Crippen LogP contribution in [0.15, 0.2) is 71.6 Å². The van der Waals surface area contributed by atoms with Crippen LogP contribution in [0.25, 0.3) is 6.08 Å². The third kappa shape index (κ3) is 5.08. The zero-order chi connectivity index (χ0) is 23.5. The molecule has 3 aromatic carbocycles. The van der Waals surface area contributed by atoms with Crippen molar-refractivity contribution in [2.24, 2.45) is 0 Å². The number of imide groups is 1. The smallest absolute Gasteiger partial charge is 0.311 e. The number of carbonyl (C=O) groups excluding carboxylic acids is 2. The fourth-order valence-electron chi connectivity index (χ4n) is 3.43. The molecule has 33 heavy (non-hydrogen) atoms. The fourth-order valence-corrected chi connectivity index (χ4v) is 4.39. The first-order valence-electron chi connectivity index (χ1n) is 9.86. The molecule has 3 aromatic rings. The Labute approximate surface area is 198 Å². The molecule has 1 N–H and O–H groups in total. The molecule has 1 saturated heterocycles. The maximum absolute atomic E-state index is 12.9. The summed E-state index contributed by atoms with van der Waals surface area (Å²) in [5.41, 5.74) is 1.90. The van der Waals surface area contributed by atoms with Gasteiger partial charge in [0.05, 0.1) is 16.4 Å². The molecule has 166 valence electrons. The molecule has 0 saturated carbocycles. The average molecular weight is 481 g/mol. The molecule has 0 unspecified atom stereocenters. The molecular weight excluding hydrogens is 464 g/mol. The number of halogens is 1. The third-order valence-electron chi connectivity index (χ3n) is 5.04. The van der Waals surface area contributed by atoms with E-state index in [0.29, 0.717) is 17.0 Å². The van der Waals surface area contributed by atoms with Gasteiger partial charge in [-0.1, -0.05) is 54.1 Å². The normalized spacial score (nSPS) is 14.8. The Kier molecular flexibility index (Phi) is 6.48. The standard InChI is InChI=1S/C24H17ClN2O5S/c25-19-8-6-16(7-9-19)14-26-23(29)21(33-24(26)30)13-18-11-17(10-15-4-2-1-3-5-15)12-20(22(18)28)27(31)32/h1-9,11-13,28H,10,14H2/b21-13-. The SMILES string of the molecule is O=C1S/C(=C\c2cc(Cc3ccccc3)cc([N+](=O)[O-])c2O)C(=O)N1Cc1ccc(Cl)cc1. The van der Waals surface area contributed by atoms with E-state index in [0.717, 1.165) is 27.8 Å². The van der Waals surface area contributed by atoms with Gasteiger partial charge in [0, 0.05) is 16.7 Å². The summed E-state index contributed by atoms with van der Waals surface area (Å²) in [6.07, 6.45) is 1.73. The minimum Gasteiger partial charge on any atom is -0.502 e. The van der Waals surface area contributed by atoms with Gasteiger partial charge in [0.15, 0.2) is 0 Å². The van der Waals surface area contributed by atoms with Crippen LogP contribution in [0.2, 0.25) is 5.02 Å². The van der Waals surface area contributed by atoms with Gasteiger partial charge in [-0.05, 0) is 59.1 Å². The Bertz CT molecular complexity index is 1280. The van der Waals surface area contributed by atoms with Crippen molar-refractivity contribution in [3.8, 4) is 5.75 Å². The zero-order valence-corrected chi connectivity index (χ0v) is 18.7. The topological polar surface area (TPSA) is 101 Å². The average Bonchev–Trinajstić information content (AvgIpc) is 3.05. The van der Waals surface area contributed by atoms with Gasteiger partial charge in [0.1, 0.15) is 0 Å². The van der Waals surface area contributed by atoms with Gasteiger partial charge in [-0.25, -0.2) is 0 Å². The number of benzene rings is 3. The van der Waals surface area contributed by atoms with Crippen LogP contribution in [0.1, 0.15) is 22.3 Å². The lowest BCUT2D eigenvalue weighted by Gasteiger charge is -2.12. The summed E-state index contributed by atoms with van der Waals surface area (Å²) in [7, 11) is 0. The maximum Gasteiger partial charge on any atom is 0.311 e. The molecular formula is C24H17ClN2O5S. The van der Waals surface area contributed by atoms with Crippen molar-refractivity contribution in [3.63, 3.8) is 0 Å². The van der Waals surface area contributed by atoms with E-state index in [-0.39, 0.29) is 17.0 Å². The Balaban J connectivity index is 1.65. The second-order valence-electron chi connectivity index (χ2n) is 7.37. The highest BCUT2D eigenvalue weighted by Gasteiger charge is 2.35. The lowest BCUT2D eigenvalue weighted by molar-refractivity contribution is -0.385. The van der Waals surface area contributed by atoms with Crippen LogP contribution in [0.3, 0.4) is 0 Å². The number of thioether (sulfide) groups is 1. The van der Waals surface area contributed by atoms with Crippen molar-refractivity contribution < 1.29 is 19.6 Å². The second-order valence-corrected chi connectivity index (χ2v) is 8.80. The molecule has 1 heterocycles. The number of carbonyl (C=O) groups is 2. The molecule has 1 aliphatic rings. The summed E-state index contributed by atoms with van der Waals surface area (Å²) in [5, 5.41) is 22.0. The second kappa shape index (κ2) is 9.48. The minimum atomic E-state index is -0.673. The van der Waals surface area contributed by atoms with E-state index in [4.69, 9.17) is 11.6 Å². The van der Waals surface area contributed by atoms with E-state index in [1.807, 2.05) is 30.3 Å². The van der Waals surface area contributed by atoms with Crippen molar-refractivity contribution in [2.75, 3.05) is 0 Å². The molecule has 0 radical (unpaired) electrons. The number of nitro groups is 1. The van der Waals surface area contributed by atoms with Crippen LogP contribution in [0.5, 0.6) is 5.75 Å². The number of phenolic OH excluding ortho intramolecular Hbond substituents is 1. The van der Waals surface area contributed by atoms with Crippen molar-refractivity contribution in [3.05, 3.63) is 109 Å². The first kappa shape index (κ1) is 22.6. The quantitative estimate of drug-likeness (QED) is 0.272. The van der Waals surface area contributed by atoms with E-state index in [1.54, 1.807) is 30.3 Å². The number of phenols is 1. The van der Waals surface area contributed by atoms with Gasteiger partial charge >= 0.3 is 5.69 Å². The molecule has 9 heteroatoms. The first-order valence-corrected chi connectivity index (χ1v) is 11.1. The number of nitrogens with zero attached hydrogens (tertiary/aromatic N) is 2. The number of hydrogen-bond acceptors (Lipinski definition) is 6. The highest BCUT2D eigenvalue weighted by molar-refractivity contribution is 8.18. The number of nitro benzene ring substituents is 1. The predicted molar refractivity (Wildman–Crippen MR) is 127 cm³/mol. The van der Waals surface area contributed by atoms with Crippen LogP contribution in [-0.2, 0) is 17.8 Å². The van der Waals surface area contributed by atoms with Crippen LogP contribution in [-0.4, -0.2) is 26.1 Å². The summed E-state index contributed by atoms with van der Waals surface area (Å²) in [6.45, 7) is 0.0688. The van der Waals surface area contributed by atoms with Crippen LogP contribution in [0.4, 0.5) is 10.5 Å². The van der Waals surface area contributed by atoms with Crippen LogP contribution in [0, 0.1) is 10.1 Å². The monoisotopic (exact) mass is 480 g/mol. The molecule has 1 aliphatic heterocycles. The van der Waals surface area contributed by atoms with E-state index in [1.165, 1.54) is 12.1 Å². The van der Waals surface area contributed by atoms with E-state index >= 15 is 0 Å². The number of hydrogen-bond donors (Lipinski definition) is 1. The molecule has 4 rings (SSSR count). The highest BCUT2D eigenvalue weighted by atomic mass is 35.5. The molecule has 1 fully saturated rings. The molecule has 7 nitrogen and oxygen atoms in total. The fraction of sp³-hybridized carbons (Fsp3) is 0.0833. The van der Waals surface area contributed by atoms with Crippen molar-refractivity contribution in [1.29, 1.82) is 0 Å². The van der Waals surface area contributed by atoms with Crippen molar-refractivity contribution in [1.82, 2.24) is 4.90 Å². The van der Waals surface area contributed by atoms with E-state index < -0.39 is 27.5 Å². The molecule has 0 aromatic heterocycles. The molecule has 0 aliphatic carbocycles. The predicted octanol–water partition coefficient (Wildman–Crippen LogP) is 5.78. The Morgan fingerprint density at radius 1 is 1.00 bits per heavy atom. The summed E-state index contributed by atoms with van der Waals surface area (Å²) >= 11 is 6.60. The number of amides is 2. The minimum absolute atomic E-state index is 0.0688. The third-order valence-corrected chi connectivity index (χ3v) is 6.20. The van der Waals surface area contributed by atoms with Gasteiger partial charge in [-0.15, -0.1) is 0 Å². The van der Waals surface area contributed by atoms with Gasteiger partial charge in [0.25, 0.3) is 11.1 Å². The first-order chi connectivity index (χ1) is 15.8. The number of aromatic hydroxyl groups is 1. The molecule has 0 spiro atoms. The van der Waals surface area contributed by atoms with Crippen LogP contribution < -0.4 is 0 Å². The Morgan fingerprint density at radius 3 is 2.36 bits per heavy atom. The lowest BCUT2D eigenvalue weighted by atomic mass is 10.0. The molecule has 2 amide bonds. The van der Waals surface area contributed by atoms with E-state index in [2.05, 4.69) is 0 Å². The molecule has 0 atom stereocenters. The van der Waals surface area contributed by atoms with Gasteiger partial charge in [-0.2, -0.15) is 0 Å². The van der Waals surface area contributed by atoms with Crippen molar-refractivity contribution >= 4 is 46.3 Å². The molecule has 0 bridgehead atoms. The van der Waals surface area contributed by atoms with Crippen LogP contribution >= 0.6 is 23.4 Å². The summed E-state index contributed by atoms with van der Waals surface area (Å²) in [6, 6.07) is 19.0. The zero-order valence-electron chi connectivity index (χ0n) is 17.1. The van der Waals surface area contributed by atoms with Gasteiger partial charge in [-0.3, -0.25) is 24.6 Å². The largest absolute Gasteiger partial charge is 0.502 e.